The van der Waals surface area contributed by atoms with E-state index in [0.29, 0.717) is 40.9 Å². The number of nitrogens with zero attached hydrogens (tertiary/aromatic N) is 2. The summed E-state index contributed by atoms with van der Waals surface area (Å²) < 4.78 is 39.6. The lowest BCUT2D eigenvalue weighted by atomic mass is 10.1. The fourth-order valence-electron chi connectivity index (χ4n) is 3.48. The lowest BCUT2D eigenvalue weighted by Gasteiger charge is -2.23. The van der Waals surface area contributed by atoms with E-state index in [-0.39, 0.29) is 17.5 Å². The van der Waals surface area contributed by atoms with E-state index in [1.165, 1.54) is 11.0 Å². The first-order chi connectivity index (χ1) is 15.0. The highest BCUT2D eigenvalue weighted by Gasteiger charge is 2.27. The molecule has 1 aliphatic rings. The third kappa shape index (κ3) is 5.02. The summed E-state index contributed by atoms with van der Waals surface area (Å²) in [5, 5.41) is 0.322. The first kappa shape index (κ1) is 21.6. The van der Waals surface area contributed by atoms with E-state index in [1.54, 1.807) is 24.3 Å². The summed E-state index contributed by atoms with van der Waals surface area (Å²) in [6, 6.07) is 8.98. The fourth-order valence-corrected chi connectivity index (χ4v) is 4.50. The predicted molar refractivity (Wildman–Crippen MR) is 117 cm³/mol. The van der Waals surface area contributed by atoms with Crippen molar-refractivity contribution in [2.24, 2.45) is 0 Å². The van der Waals surface area contributed by atoms with Gasteiger partial charge in [-0.15, -0.1) is 0 Å². The lowest BCUT2D eigenvalue weighted by Crippen LogP contribution is -2.37. The van der Waals surface area contributed by atoms with E-state index < -0.39 is 11.6 Å². The van der Waals surface area contributed by atoms with Crippen LogP contribution < -0.4 is 9.64 Å². The topological polar surface area (TPSA) is 51.7 Å². The highest BCUT2D eigenvalue weighted by atomic mass is 32.1. The Morgan fingerprint density at radius 2 is 2.10 bits per heavy atom. The molecule has 3 aromatic rings. The van der Waals surface area contributed by atoms with Crippen molar-refractivity contribution in [2.45, 2.75) is 38.7 Å². The van der Waals surface area contributed by atoms with Crippen molar-refractivity contribution >= 4 is 32.6 Å². The fraction of sp³-hybridized carbons (Fsp3) is 0.391. The van der Waals surface area contributed by atoms with Crippen LogP contribution in [0, 0.1) is 11.6 Å². The third-order valence-electron chi connectivity index (χ3n) is 5.16. The summed E-state index contributed by atoms with van der Waals surface area (Å²) in [5.74, 6) is -0.977. The summed E-state index contributed by atoms with van der Waals surface area (Å²) in [6.07, 6.45) is 3.65. The minimum absolute atomic E-state index is 0.0613. The van der Waals surface area contributed by atoms with Crippen LogP contribution in [-0.4, -0.2) is 36.8 Å². The zero-order valence-electron chi connectivity index (χ0n) is 17.3. The summed E-state index contributed by atoms with van der Waals surface area (Å²) in [5.41, 5.74) is 0.526. The van der Waals surface area contributed by atoms with Crippen LogP contribution in [0.15, 0.2) is 36.4 Å². The second kappa shape index (κ2) is 9.70. The normalized spacial score (nSPS) is 16.0. The number of thiazole rings is 1. The molecule has 2 heterocycles. The molecular formula is C23H24F2N2O3S. The van der Waals surface area contributed by atoms with Crippen molar-refractivity contribution in [3.8, 4) is 5.75 Å². The Labute approximate surface area is 183 Å². The second-order valence-corrected chi connectivity index (χ2v) is 8.52. The quantitative estimate of drug-likeness (QED) is 0.424. The molecule has 0 bridgehead atoms. The molecule has 1 aliphatic heterocycles. The molecule has 1 aromatic heterocycles. The van der Waals surface area contributed by atoms with E-state index in [4.69, 9.17) is 9.47 Å². The number of benzene rings is 2. The first-order valence-electron chi connectivity index (χ1n) is 10.5. The Bertz CT molecular complexity index is 1050. The zero-order chi connectivity index (χ0) is 21.8. The highest BCUT2D eigenvalue weighted by Crippen LogP contribution is 2.33. The van der Waals surface area contributed by atoms with Crippen molar-refractivity contribution in [3.63, 3.8) is 0 Å². The average Bonchev–Trinajstić information content (AvgIpc) is 3.42. The molecule has 2 aromatic carbocycles. The maximum atomic E-state index is 14.2. The van der Waals surface area contributed by atoms with Gasteiger partial charge >= 0.3 is 0 Å². The standard InChI is InChI=1S/C23H24F2N2O3S/c1-2-3-10-29-17-8-6-15(7-9-17)22(28)27(14-18-5-4-11-30-18)23-26-21-19(25)12-16(24)13-20(21)31-23/h6-9,12-13,18H,2-5,10-11,14H2,1H3. The highest BCUT2D eigenvalue weighted by molar-refractivity contribution is 7.22. The van der Waals surface area contributed by atoms with Gasteiger partial charge in [0.1, 0.15) is 17.1 Å². The Kier molecular flexibility index (Phi) is 6.77. The van der Waals surface area contributed by atoms with Crippen LogP contribution in [0.2, 0.25) is 0 Å². The molecule has 5 nitrogen and oxygen atoms in total. The molecule has 1 unspecified atom stereocenters. The van der Waals surface area contributed by atoms with E-state index in [0.717, 1.165) is 43.1 Å². The molecule has 164 valence electrons. The number of amides is 1. The van der Waals surface area contributed by atoms with Gasteiger partial charge in [-0.1, -0.05) is 24.7 Å². The van der Waals surface area contributed by atoms with Crippen LogP contribution >= 0.6 is 11.3 Å². The SMILES string of the molecule is CCCCOc1ccc(C(=O)N(CC2CCCO2)c2nc3c(F)cc(F)cc3s2)cc1. The molecule has 31 heavy (non-hydrogen) atoms. The number of carbonyl (C=O) groups excluding carboxylic acids is 1. The van der Waals surface area contributed by atoms with Gasteiger partial charge in [-0.25, -0.2) is 13.8 Å². The van der Waals surface area contributed by atoms with Crippen LogP contribution in [0.1, 0.15) is 43.0 Å². The number of carbonyl (C=O) groups is 1. The number of hydrogen-bond donors (Lipinski definition) is 0. The molecule has 8 heteroatoms. The van der Waals surface area contributed by atoms with Crippen LogP contribution in [0.25, 0.3) is 10.2 Å². The molecular weight excluding hydrogens is 422 g/mol. The second-order valence-electron chi connectivity index (χ2n) is 7.51. The number of fused-ring (bicyclic) bond motifs is 1. The van der Waals surface area contributed by atoms with Gasteiger partial charge in [-0.3, -0.25) is 9.69 Å². The van der Waals surface area contributed by atoms with Gasteiger partial charge in [0.25, 0.3) is 5.91 Å². The minimum Gasteiger partial charge on any atom is -0.494 e. The monoisotopic (exact) mass is 446 g/mol. The zero-order valence-corrected chi connectivity index (χ0v) is 18.1. The molecule has 1 fully saturated rings. The maximum absolute atomic E-state index is 14.2. The largest absolute Gasteiger partial charge is 0.494 e. The summed E-state index contributed by atoms with van der Waals surface area (Å²) in [7, 11) is 0. The summed E-state index contributed by atoms with van der Waals surface area (Å²) in [6.45, 7) is 3.67. The van der Waals surface area contributed by atoms with Gasteiger partial charge in [0.15, 0.2) is 10.9 Å². The van der Waals surface area contributed by atoms with E-state index in [1.807, 2.05) is 0 Å². The van der Waals surface area contributed by atoms with Crippen LogP contribution in [0.3, 0.4) is 0 Å². The van der Waals surface area contributed by atoms with Gasteiger partial charge in [0.2, 0.25) is 0 Å². The molecule has 0 N–H and O–H groups in total. The van der Waals surface area contributed by atoms with E-state index >= 15 is 0 Å². The Balaban J connectivity index is 1.61. The van der Waals surface area contributed by atoms with Crippen molar-refractivity contribution < 1.29 is 23.0 Å². The number of rotatable bonds is 8. The number of ether oxygens (including phenoxy) is 2. The lowest BCUT2D eigenvalue weighted by molar-refractivity contribution is 0.0917. The number of anilines is 1. The van der Waals surface area contributed by atoms with E-state index in [9.17, 15) is 13.6 Å². The molecule has 0 radical (unpaired) electrons. The number of unbranched alkanes of at least 4 members (excludes halogenated alkanes) is 1. The predicted octanol–water partition coefficient (Wildman–Crippen LogP) is 5.58. The molecule has 0 spiro atoms. The van der Waals surface area contributed by atoms with Gasteiger partial charge in [-0.05, 0) is 49.6 Å². The Hall–Kier alpha value is -2.58. The first-order valence-corrected chi connectivity index (χ1v) is 11.3. The van der Waals surface area contributed by atoms with Crippen LogP contribution in [-0.2, 0) is 4.74 Å². The molecule has 4 rings (SSSR count). The summed E-state index contributed by atoms with van der Waals surface area (Å²) in [4.78, 5) is 19.2. The van der Waals surface area contributed by atoms with Crippen molar-refractivity contribution in [1.82, 2.24) is 4.98 Å². The third-order valence-corrected chi connectivity index (χ3v) is 6.18. The van der Waals surface area contributed by atoms with Crippen molar-refractivity contribution in [2.75, 3.05) is 24.7 Å². The van der Waals surface area contributed by atoms with Crippen molar-refractivity contribution in [1.29, 1.82) is 0 Å². The minimum atomic E-state index is -0.740. The van der Waals surface area contributed by atoms with E-state index in [2.05, 4.69) is 11.9 Å². The smallest absolute Gasteiger partial charge is 0.260 e. The Morgan fingerprint density at radius 3 is 2.81 bits per heavy atom. The van der Waals surface area contributed by atoms with Gasteiger partial charge in [-0.2, -0.15) is 0 Å². The molecule has 0 aliphatic carbocycles. The number of aromatic nitrogens is 1. The maximum Gasteiger partial charge on any atom is 0.260 e. The molecule has 1 amide bonds. The summed E-state index contributed by atoms with van der Waals surface area (Å²) >= 11 is 1.09. The Morgan fingerprint density at radius 1 is 1.29 bits per heavy atom. The van der Waals surface area contributed by atoms with Crippen molar-refractivity contribution in [3.05, 3.63) is 53.6 Å². The number of halogens is 2. The molecule has 1 saturated heterocycles. The van der Waals surface area contributed by atoms with Gasteiger partial charge in [0, 0.05) is 18.2 Å². The van der Waals surface area contributed by atoms with Crippen LogP contribution in [0.4, 0.5) is 13.9 Å². The molecule has 0 saturated carbocycles. The average molecular weight is 447 g/mol. The van der Waals surface area contributed by atoms with Gasteiger partial charge in [0.05, 0.1) is 24.0 Å². The van der Waals surface area contributed by atoms with Gasteiger partial charge < -0.3 is 9.47 Å². The van der Waals surface area contributed by atoms with Crippen LogP contribution in [0.5, 0.6) is 5.75 Å². The number of hydrogen-bond acceptors (Lipinski definition) is 5. The molecule has 1 atom stereocenters.